The summed E-state index contributed by atoms with van der Waals surface area (Å²) < 4.78 is 0. The second-order valence-electron chi connectivity index (χ2n) is 4.33. The van der Waals surface area contributed by atoms with Crippen molar-refractivity contribution in [2.75, 3.05) is 0 Å². The summed E-state index contributed by atoms with van der Waals surface area (Å²) >= 11 is 0. The second-order valence-corrected chi connectivity index (χ2v) is 4.33. The zero-order chi connectivity index (χ0) is 10.7. The van der Waals surface area contributed by atoms with Gasteiger partial charge in [0.2, 0.25) is 0 Å². The number of aromatic nitrogens is 1. The van der Waals surface area contributed by atoms with Gasteiger partial charge in [-0.25, -0.2) is 0 Å². The first-order valence-corrected chi connectivity index (χ1v) is 5.21. The molecular formula is C12H20N2. The van der Waals surface area contributed by atoms with Crippen molar-refractivity contribution in [2.45, 2.75) is 39.7 Å². The summed E-state index contributed by atoms with van der Waals surface area (Å²) in [7, 11) is 0. The van der Waals surface area contributed by atoms with Gasteiger partial charge in [0, 0.05) is 23.9 Å². The average molecular weight is 192 g/mol. The molecule has 0 bridgehead atoms. The molecule has 14 heavy (non-hydrogen) atoms. The summed E-state index contributed by atoms with van der Waals surface area (Å²) in [5.41, 5.74) is 8.39. The van der Waals surface area contributed by atoms with Gasteiger partial charge in [0.05, 0.1) is 0 Å². The molecule has 1 rings (SSSR count). The molecule has 0 aliphatic rings. The molecule has 78 valence electrons. The molecule has 1 aromatic rings. The molecule has 2 heteroatoms. The Bertz CT molecular complexity index is 284. The summed E-state index contributed by atoms with van der Waals surface area (Å²) in [5, 5.41) is 0. The van der Waals surface area contributed by atoms with E-state index < -0.39 is 0 Å². The molecule has 2 atom stereocenters. The fraction of sp³-hybridized carbons (Fsp3) is 0.583. The number of nitrogens with two attached hydrogens (primary N) is 1. The lowest BCUT2D eigenvalue weighted by Gasteiger charge is -2.25. The Balaban J connectivity index is 3.05. The highest BCUT2D eigenvalue weighted by atomic mass is 14.7. The van der Waals surface area contributed by atoms with E-state index in [1.165, 1.54) is 5.56 Å². The Labute approximate surface area is 86.5 Å². The summed E-state index contributed by atoms with van der Waals surface area (Å²) in [6.45, 7) is 8.54. The zero-order valence-corrected chi connectivity index (χ0v) is 9.49. The second kappa shape index (κ2) is 4.56. The van der Waals surface area contributed by atoms with Crippen molar-refractivity contribution >= 4 is 0 Å². The highest BCUT2D eigenvalue weighted by molar-refractivity contribution is 5.23. The number of pyridine rings is 1. The smallest absolute Gasteiger partial charge is 0.0481 e. The third kappa shape index (κ3) is 2.32. The molecule has 0 aromatic carbocycles. The molecule has 0 spiro atoms. The molecule has 2 unspecified atom stereocenters. The normalized spacial score (nSPS) is 15.6. The van der Waals surface area contributed by atoms with E-state index in [1.54, 1.807) is 0 Å². The van der Waals surface area contributed by atoms with E-state index in [1.807, 2.05) is 12.3 Å². The van der Waals surface area contributed by atoms with E-state index in [0.29, 0.717) is 11.8 Å². The van der Waals surface area contributed by atoms with Gasteiger partial charge in [0.1, 0.15) is 0 Å². The van der Waals surface area contributed by atoms with Crippen molar-refractivity contribution in [2.24, 2.45) is 11.7 Å². The van der Waals surface area contributed by atoms with Crippen molar-refractivity contribution in [1.29, 1.82) is 0 Å². The Morgan fingerprint density at radius 1 is 1.29 bits per heavy atom. The van der Waals surface area contributed by atoms with E-state index in [4.69, 9.17) is 5.73 Å². The van der Waals surface area contributed by atoms with Crippen LogP contribution in [0.5, 0.6) is 0 Å². The Hall–Kier alpha value is -0.890. The molecule has 0 amide bonds. The molecule has 2 nitrogen and oxygen atoms in total. The summed E-state index contributed by atoms with van der Waals surface area (Å²) in [6, 6.07) is 4.22. The van der Waals surface area contributed by atoms with Crippen LogP contribution in [-0.2, 0) is 0 Å². The Morgan fingerprint density at radius 3 is 2.36 bits per heavy atom. The summed E-state index contributed by atoms with van der Waals surface area (Å²) in [4.78, 5) is 4.44. The van der Waals surface area contributed by atoms with Gasteiger partial charge in [-0.2, -0.15) is 0 Å². The molecule has 2 N–H and O–H groups in total. The van der Waals surface area contributed by atoms with Crippen molar-refractivity contribution in [3.8, 4) is 0 Å². The number of aryl methyl sites for hydroxylation is 1. The van der Waals surface area contributed by atoms with Crippen LogP contribution in [0, 0.1) is 12.8 Å². The predicted molar refractivity (Wildman–Crippen MR) is 60.2 cm³/mol. The van der Waals surface area contributed by atoms with Gasteiger partial charge in [-0.3, -0.25) is 4.98 Å². The molecular weight excluding hydrogens is 172 g/mol. The van der Waals surface area contributed by atoms with Crippen LogP contribution in [0.3, 0.4) is 0 Å². The minimum absolute atomic E-state index is 0.156. The standard InChI is InChI=1S/C12H20N2/c1-8(2)11(10(4)13)12-9(3)6-5-7-14-12/h5-8,10-11H,13H2,1-4H3. The molecule has 1 aromatic heterocycles. The number of hydrogen-bond acceptors (Lipinski definition) is 2. The lowest BCUT2D eigenvalue weighted by molar-refractivity contribution is 0.425. The van der Waals surface area contributed by atoms with Crippen molar-refractivity contribution < 1.29 is 0 Å². The highest BCUT2D eigenvalue weighted by Crippen LogP contribution is 2.27. The number of nitrogens with zero attached hydrogens (tertiary/aromatic N) is 1. The van der Waals surface area contributed by atoms with E-state index in [0.717, 1.165) is 5.69 Å². The first-order valence-electron chi connectivity index (χ1n) is 5.21. The van der Waals surface area contributed by atoms with E-state index >= 15 is 0 Å². The Kier molecular flexibility index (Phi) is 3.64. The van der Waals surface area contributed by atoms with Crippen molar-refractivity contribution in [3.63, 3.8) is 0 Å². The van der Waals surface area contributed by atoms with Crippen LogP contribution in [0.2, 0.25) is 0 Å². The number of rotatable bonds is 3. The van der Waals surface area contributed by atoms with Crippen LogP contribution in [0.25, 0.3) is 0 Å². The van der Waals surface area contributed by atoms with E-state index in [-0.39, 0.29) is 6.04 Å². The highest BCUT2D eigenvalue weighted by Gasteiger charge is 2.22. The maximum absolute atomic E-state index is 6.00. The molecule has 0 radical (unpaired) electrons. The summed E-state index contributed by atoms with van der Waals surface area (Å²) in [6.07, 6.45) is 1.85. The fourth-order valence-electron chi connectivity index (χ4n) is 2.02. The minimum Gasteiger partial charge on any atom is -0.327 e. The lowest BCUT2D eigenvalue weighted by atomic mass is 9.85. The number of hydrogen-bond donors (Lipinski definition) is 1. The zero-order valence-electron chi connectivity index (χ0n) is 9.49. The predicted octanol–water partition coefficient (Wildman–Crippen LogP) is 2.48. The molecule has 0 saturated carbocycles. The molecule has 0 saturated heterocycles. The van der Waals surface area contributed by atoms with Gasteiger partial charge in [0.15, 0.2) is 0 Å². The van der Waals surface area contributed by atoms with Crippen LogP contribution in [0.4, 0.5) is 0 Å². The molecule has 0 aliphatic heterocycles. The fourth-order valence-corrected chi connectivity index (χ4v) is 2.02. The first kappa shape index (κ1) is 11.2. The largest absolute Gasteiger partial charge is 0.327 e. The maximum atomic E-state index is 6.00. The van der Waals surface area contributed by atoms with Gasteiger partial charge in [-0.15, -0.1) is 0 Å². The molecule has 1 heterocycles. The van der Waals surface area contributed by atoms with Gasteiger partial charge in [0.25, 0.3) is 0 Å². The van der Waals surface area contributed by atoms with Gasteiger partial charge in [-0.05, 0) is 31.4 Å². The van der Waals surface area contributed by atoms with Gasteiger partial charge in [-0.1, -0.05) is 19.9 Å². The van der Waals surface area contributed by atoms with E-state index in [2.05, 4.69) is 38.7 Å². The van der Waals surface area contributed by atoms with Gasteiger partial charge >= 0.3 is 0 Å². The van der Waals surface area contributed by atoms with Gasteiger partial charge < -0.3 is 5.73 Å². The molecule has 0 fully saturated rings. The third-order valence-electron chi connectivity index (χ3n) is 2.65. The van der Waals surface area contributed by atoms with E-state index in [9.17, 15) is 0 Å². The van der Waals surface area contributed by atoms with Crippen LogP contribution in [0.1, 0.15) is 37.9 Å². The maximum Gasteiger partial charge on any atom is 0.0481 e. The lowest BCUT2D eigenvalue weighted by Crippen LogP contribution is -2.29. The molecule has 0 aliphatic carbocycles. The monoisotopic (exact) mass is 192 g/mol. The first-order chi connectivity index (χ1) is 6.54. The van der Waals surface area contributed by atoms with Crippen LogP contribution in [0.15, 0.2) is 18.3 Å². The Morgan fingerprint density at radius 2 is 1.93 bits per heavy atom. The van der Waals surface area contributed by atoms with Crippen LogP contribution >= 0.6 is 0 Å². The SMILES string of the molecule is Cc1cccnc1C(C(C)C)C(C)N. The average Bonchev–Trinajstić information content (AvgIpc) is 2.07. The van der Waals surface area contributed by atoms with Crippen molar-refractivity contribution in [3.05, 3.63) is 29.6 Å². The van der Waals surface area contributed by atoms with Crippen molar-refractivity contribution in [1.82, 2.24) is 4.98 Å². The van der Waals surface area contributed by atoms with Crippen LogP contribution < -0.4 is 5.73 Å². The quantitative estimate of drug-likeness (QED) is 0.799. The topological polar surface area (TPSA) is 38.9 Å². The third-order valence-corrected chi connectivity index (χ3v) is 2.65. The minimum atomic E-state index is 0.156. The summed E-state index contributed by atoms with van der Waals surface area (Å²) in [5.74, 6) is 0.889. The van der Waals surface area contributed by atoms with Crippen LogP contribution in [-0.4, -0.2) is 11.0 Å².